The second-order valence-electron chi connectivity index (χ2n) is 6.13. The molecule has 5 heteroatoms. The molecular weight excluding hydrogens is 316 g/mol. The quantitative estimate of drug-likeness (QED) is 0.909. The van der Waals surface area contributed by atoms with Gasteiger partial charge < -0.3 is 19.7 Å². The Morgan fingerprint density at radius 2 is 1.88 bits per heavy atom. The Bertz CT molecular complexity index is 722. The number of amides is 1. The summed E-state index contributed by atoms with van der Waals surface area (Å²) in [7, 11) is 1.63. The zero-order chi connectivity index (χ0) is 17.6. The zero-order valence-electron chi connectivity index (χ0n) is 14.7. The van der Waals surface area contributed by atoms with Crippen LogP contribution in [0.15, 0.2) is 42.5 Å². The Hall–Kier alpha value is -2.53. The van der Waals surface area contributed by atoms with Crippen LogP contribution in [0.4, 0.5) is 5.69 Å². The van der Waals surface area contributed by atoms with Gasteiger partial charge in [0.15, 0.2) is 0 Å². The maximum absolute atomic E-state index is 12.3. The molecule has 3 rings (SSSR count). The minimum absolute atomic E-state index is 0.0805. The highest BCUT2D eigenvalue weighted by molar-refractivity contribution is 5.94. The van der Waals surface area contributed by atoms with Gasteiger partial charge in [-0.3, -0.25) is 4.79 Å². The molecule has 2 aromatic carbocycles. The number of hydrogen-bond acceptors (Lipinski definition) is 4. The molecule has 1 aliphatic heterocycles. The highest BCUT2D eigenvalue weighted by Gasteiger charge is 2.11. The average molecular weight is 340 g/mol. The highest BCUT2D eigenvalue weighted by Crippen LogP contribution is 2.19. The first-order valence-electron chi connectivity index (χ1n) is 8.52. The molecule has 5 nitrogen and oxygen atoms in total. The number of benzene rings is 2. The first kappa shape index (κ1) is 17.3. The fraction of sp³-hybridized carbons (Fsp3) is 0.350. The van der Waals surface area contributed by atoms with E-state index >= 15 is 0 Å². The van der Waals surface area contributed by atoms with Crippen LogP contribution < -0.4 is 15.0 Å². The van der Waals surface area contributed by atoms with Crippen molar-refractivity contribution in [3.63, 3.8) is 0 Å². The summed E-state index contributed by atoms with van der Waals surface area (Å²) in [6.07, 6.45) is 0. The molecule has 1 amide bonds. The van der Waals surface area contributed by atoms with E-state index in [9.17, 15) is 4.79 Å². The molecule has 2 aromatic rings. The van der Waals surface area contributed by atoms with Crippen molar-refractivity contribution in [1.29, 1.82) is 0 Å². The number of morpholine rings is 1. The lowest BCUT2D eigenvalue weighted by Gasteiger charge is -2.28. The van der Waals surface area contributed by atoms with Gasteiger partial charge in [-0.05, 0) is 48.4 Å². The first-order chi connectivity index (χ1) is 12.2. The average Bonchev–Trinajstić information content (AvgIpc) is 2.67. The molecule has 132 valence electrons. The van der Waals surface area contributed by atoms with Crippen LogP contribution in [0.2, 0.25) is 0 Å². The van der Waals surface area contributed by atoms with Crippen LogP contribution in [0.3, 0.4) is 0 Å². The second kappa shape index (κ2) is 8.03. The molecule has 0 aromatic heterocycles. The molecule has 1 saturated heterocycles. The van der Waals surface area contributed by atoms with E-state index in [4.69, 9.17) is 9.47 Å². The van der Waals surface area contributed by atoms with Gasteiger partial charge in [-0.25, -0.2) is 0 Å². The summed E-state index contributed by atoms with van der Waals surface area (Å²) in [6, 6.07) is 13.8. The highest BCUT2D eigenvalue weighted by atomic mass is 16.5. The Kier molecular flexibility index (Phi) is 5.56. The zero-order valence-corrected chi connectivity index (χ0v) is 14.7. The normalized spacial score (nSPS) is 14.2. The Balaban J connectivity index is 1.57. The summed E-state index contributed by atoms with van der Waals surface area (Å²) in [5.74, 6) is 0.707. The third-order valence-electron chi connectivity index (χ3n) is 4.42. The maximum Gasteiger partial charge on any atom is 0.251 e. The molecule has 0 aliphatic carbocycles. The van der Waals surface area contributed by atoms with Gasteiger partial charge >= 0.3 is 0 Å². The summed E-state index contributed by atoms with van der Waals surface area (Å²) < 4.78 is 10.6. The fourth-order valence-electron chi connectivity index (χ4n) is 2.95. The molecule has 1 fully saturated rings. The minimum Gasteiger partial charge on any atom is -0.496 e. The summed E-state index contributed by atoms with van der Waals surface area (Å²) in [6.45, 7) is 5.84. The van der Waals surface area contributed by atoms with Crippen molar-refractivity contribution in [3.8, 4) is 5.75 Å². The summed E-state index contributed by atoms with van der Waals surface area (Å²) in [5.41, 5.74) is 3.87. The van der Waals surface area contributed by atoms with Crippen LogP contribution in [0.25, 0.3) is 0 Å². The molecule has 0 saturated carbocycles. The van der Waals surface area contributed by atoms with Crippen LogP contribution in [0, 0.1) is 6.92 Å². The Morgan fingerprint density at radius 3 is 2.52 bits per heavy atom. The van der Waals surface area contributed by atoms with E-state index in [0.717, 1.165) is 43.2 Å². The third kappa shape index (κ3) is 4.31. The van der Waals surface area contributed by atoms with E-state index in [2.05, 4.69) is 34.5 Å². The molecule has 1 aliphatic rings. The van der Waals surface area contributed by atoms with Crippen molar-refractivity contribution >= 4 is 11.6 Å². The number of aryl methyl sites for hydroxylation is 1. The molecule has 0 spiro atoms. The predicted molar refractivity (Wildman–Crippen MR) is 98.4 cm³/mol. The largest absolute Gasteiger partial charge is 0.496 e. The van der Waals surface area contributed by atoms with Crippen molar-refractivity contribution in [1.82, 2.24) is 5.32 Å². The van der Waals surface area contributed by atoms with E-state index in [1.807, 2.05) is 19.1 Å². The molecule has 1 N–H and O–H groups in total. The number of methoxy groups -OCH3 is 1. The van der Waals surface area contributed by atoms with Gasteiger partial charge in [-0.2, -0.15) is 0 Å². The van der Waals surface area contributed by atoms with E-state index < -0.39 is 0 Å². The lowest BCUT2D eigenvalue weighted by Crippen LogP contribution is -2.36. The summed E-state index contributed by atoms with van der Waals surface area (Å²) in [4.78, 5) is 14.6. The fourth-order valence-corrected chi connectivity index (χ4v) is 2.95. The van der Waals surface area contributed by atoms with Crippen LogP contribution >= 0.6 is 0 Å². The van der Waals surface area contributed by atoms with E-state index in [1.54, 1.807) is 13.2 Å². The van der Waals surface area contributed by atoms with Gasteiger partial charge in [-0.1, -0.05) is 12.1 Å². The number of anilines is 1. The minimum atomic E-state index is -0.0805. The van der Waals surface area contributed by atoms with Gasteiger partial charge in [0.05, 0.1) is 20.3 Å². The van der Waals surface area contributed by atoms with Crippen molar-refractivity contribution in [2.75, 3.05) is 38.3 Å². The SMILES string of the molecule is COc1ccc(C(=O)NCc2ccc(N3CCOCC3)cc2)cc1C. The predicted octanol–water partition coefficient (Wildman–Crippen LogP) is 2.77. The van der Waals surface area contributed by atoms with Crippen molar-refractivity contribution in [2.45, 2.75) is 13.5 Å². The Morgan fingerprint density at radius 1 is 1.16 bits per heavy atom. The molecular formula is C20H24N2O3. The van der Waals surface area contributed by atoms with Crippen molar-refractivity contribution in [3.05, 3.63) is 59.2 Å². The number of hydrogen-bond donors (Lipinski definition) is 1. The summed E-state index contributed by atoms with van der Waals surface area (Å²) in [5, 5.41) is 2.97. The first-order valence-corrected chi connectivity index (χ1v) is 8.52. The third-order valence-corrected chi connectivity index (χ3v) is 4.42. The smallest absolute Gasteiger partial charge is 0.251 e. The van der Waals surface area contributed by atoms with Gasteiger partial charge in [0.1, 0.15) is 5.75 Å². The van der Waals surface area contributed by atoms with Gasteiger partial charge in [0.25, 0.3) is 5.91 Å². The number of carbonyl (C=O) groups is 1. The molecule has 0 atom stereocenters. The van der Waals surface area contributed by atoms with Gasteiger partial charge in [0, 0.05) is 30.9 Å². The number of nitrogens with zero attached hydrogens (tertiary/aromatic N) is 1. The number of nitrogens with one attached hydrogen (secondary N) is 1. The number of ether oxygens (including phenoxy) is 2. The monoisotopic (exact) mass is 340 g/mol. The Labute approximate surface area is 148 Å². The summed E-state index contributed by atoms with van der Waals surface area (Å²) >= 11 is 0. The number of rotatable bonds is 5. The van der Waals surface area contributed by atoms with Crippen molar-refractivity contribution in [2.24, 2.45) is 0 Å². The van der Waals surface area contributed by atoms with Crippen molar-refractivity contribution < 1.29 is 14.3 Å². The maximum atomic E-state index is 12.3. The van der Waals surface area contributed by atoms with Crippen LogP contribution in [-0.4, -0.2) is 39.3 Å². The topological polar surface area (TPSA) is 50.8 Å². The van der Waals surface area contributed by atoms with E-state index in [1.165, 1.54) is 5.69 Å². The van der Waals surface area contributed by atoms with Crippen LogP contribution in [-0.2, 0) is 11.3 Å². The standard InChI is InChI=1S/C20H24N2O3/c1-15-13-17(5-8-19(15)24-2)20(23)21-14-16-3-6-18(7-4-16)22-9-11-25-12-10-22/h3-8,13H,9-12,14H2,1-2H3,(H,21,23). The molecule has 0 unspecified atom stereocenters. The lowest BCUT2D eigenvalue weighted by molar-refractivity contribution is 0.0950. The molecule has 0 bridgehead atoms. The van der Waals surface area contributed by atoms with Crippen LogP contribution in [0.1, 0.15) is 21.5 Å². The number of carbonyl (C=O) groups excluding carboxylic acids is 1. The van der Waals surface area contributed by atoms with E-state index in [-0.39, 0.29) is 5.91 Å². The van der Waals surface area contributed by atoms with E-state index in [0.29, 0.717) is 12.1 Å². The van der Waals surface area contributed by atoms with Gasteiger partial charge in [0.2, 0.25) is 0 Å². The van der Waals surface area contributed by atoms with Crippen LogP contribution in [0.5, 0.6) is 5.75 Å². The van der Waals surface area contributed by atoms with Gasteiger partial charge in [-0.15, -0.1) is 0 Å². The second-order valence-corrected chi connectivity index (χ2v) is 6.13. The molecule has 0 radical (unpaired) electrons. The molecule has 1 heterocycles. The molecule has 25 heavy (non-hydrogen) atoms. The lowest BCUT2D eigenvalue weighted by atomic mass is 10.1.